The van der Waals surface area contributed by atoms with Crippen molar-refractivity contribution in [3.63, 3.8) is 0 Å². The molecule has 2 aromatic carbocycles. The average molecular weight is 392 g/mol. The highest BCUT2D eigenvalue weighted by molar-refractivity contribution is 6.04. The van der Waals surface area contributed by atoms with Crippen molar-refractivity contribution in [2.75, 3.05) is 24.9 Å². The zero-order valence-corrected chi connectivity index (χ0v) is 17.2. The Bertz CT molecular complexity index is 1050. The first-order valence-electron chi connectivity index (χ1n) is 9.13. The highest BCUT2D eigenvalue weighted by Gasteiger charge is 2.14. The molecule has 1 aromatic heterocycles. The number of amides is 1. The molecule has 0 aliphatic carbocycles. The SMILES string of the molecule is COc1ccc(OC)c(NC(=O)c2cc(Nc3cc(C)ccc3C)nc(C)n2)c1. The van der Waals surface area contributed by atoms with Crippen LogP contribution < -0.4 is 20.1 Å². The summed E-state index contributed by atoms with van der Waals surface area (Å²) in [7, 11) is 3.10. The lowest BCUT2D eigenvalue weighted by atomic mass is 10.1. The lowest BCUT2D eigenvalue weighted by Crippen LogP contribution is -2.16. The summed E-state index contributed by atoms with van der Waals surface area (Å²) in [5.74, 6) is 1.80. The van der Waals surface area contributed by atoms with Gasteiger partial charge in [0.15, 0.2) is 0 Å². The Morgan fingerprint density at radius 2 is 1.69 bits per heavy atom. The van der Waals surface area contributed by atoms with E-state index in [1.54, 1.807) is 45.4 Å². The number of aromatic nitrogens is 2. The number of hydrogen-bond donors (Lipinski definition) is 2. The Morgan fingerprint density at radius 1 is 0.897 bits per heavy atom. The van der Waals surface area contributed by atoms with Crippen LogP contribution in [0.5, 0.6) is 11.5 Å². The molecule has 1 amide bonds. The van der Waals surface area contributed by atoms with Crippen LogP contribution in [0.3, 0.4) is 0 Å². The first kappa shape index (κ1) is 20.1. The Balaban J connectivity index is 1.88. The van der Waals surface area contributed by atoms with E-state index >= 15 is 0 Å². The number of hydrogen-bond acceptors (Lipinski definition) is 6. The number of rotatable bonds is 6. The summed E-state index contributed by atoms with van der Waals surface area (Å²) < 4.78 is 10.5. The van der Waals surface area contributed by atoms with E-state index in [0.717, 1.165) is 16.8 Å². The number of nitrogens with one attached hydrogen (secondary N) is 2. The largest absolute Gasteiger partial charge is 0.497 e. The van der Waals surface area contributed by atoms with Gasteiger partial charge in [-0.15, -0.1) is 0 Å². The molecule has 7 heteroatoms. The van der Waals surface area contributed by atoms with Crippen LogP contribution in [0.2, 0.25) is 0 Å². The smallest absolute Gasteiger partial charge is 0.274 e. The van der Waals surface area contributed by atoms with Crippen molar-refractivity contribution in [2.24, 2.45) is 0 Å². The van der Waals surface area contributed by atoms with Gasteiger partial charge in [0.2, 0.25) is 0 Å². The minimum absolute atomic E-state index is 0.246. The van der Waals surface area contributed by atoms with Crippen molar-refractivity contribution in [1.29, 1.82) is 0 Å². The van der Waals surface area contributed by atoms with Gasteiger partial charge in [-0.1, -0.05) is 12.1 Å². The molecule has 2 N–H and O–H groups in total. The Labute approximate surface area is 170 Å². The molecule has 3 rings (SSSR count). The average Bonchev–Trinajstić information content (AvgIpc) is 2.70. The van der Waals surface area contributed by atoms with Crippen LogP contribution in [0.25, 0.3) is 0 Å². The first-order valence-corrected chi connectivity index (χ1v) is 9.13. The highest BCUT2D eigenvalue weighted by Crippen LogP contribution is 2.29. The molecular formula is C22H24N4O3. The fraction of sp³-hybridized carbons (Fsp3) is 0.227. The second-order valence-electron chi connectivity index (χ2n) is 6.65. The second-order valence-corrected chi connectivity index (χ2v) is 6.65. The molecule has 0 saturated carbocycles. The molecule has 0 radical (unpaired) electrons. The van der Waals surface area contributed by atoms with E-state index in [2.05, 4.69) is 20.6 Å². The third-order valence-corrected chi connectivity index (χ3v) is 4.38. The zero-order chi connectivity index (χ0) is 21.0. The molecule has 150 valence electrons. The molecule has 0 atom stereocenters. The van der Waals surface area contributed by atoms with E-state index in [-0.39, 0.29) is 11.6 Å². The van der Waals surface area contributed by atoms with E-state index in [9.17, 15) is 4.79 Å². The van der Waals surface area contributed by atoms with Crippen molar-refractivity contribution >= 4 is 23.1 Å². The molecule has 0 aliphatic rings. The van der Waals surface area contributed by atoms with Crippen LogP contribution >= 0.6 is 0 Å². The van der Waals surface area contributed by atoms with Gasteiger partial charge in [0.25, 0.3) is 5.91 Å². The molecule has 29 heavy (non-hydrogen) atoms. The topological polar surface area (TPSA) is 85.4 Å². The van der Waals surface area contributed by atoms with Crippen molar-refractivity contribution in [2.45, 2.75) is 20.8 Å². The Morgan fingerprint density at radius 3 is 2.41 bits per heavy atom. The Hall–Kier alpha value is -3.61. The molecule has 3 aromatic rings. The van der Waals surface area contributed by atoms with Crippen LogP contribution in [0.15, 0.2) is 42.5 Å². The van der Waals surface area contributed by atoms with Crippen LogP contribution in [-0.2, 0) is 0 Å². The van der Waals surface area contributed by atoms with Crippen molar-refractivity contribution in [3.8, 4) is 11.5 Å². The summed E-state index contributed by atoms with van der Waals surface area (Å²) in [4.78, 5) is 21.5. The lowest BCUT2D eigenvalue weighted by molar-refractivity contribution is 0.102. The van der Waals surface area contributed by atoms with E-state index in [0.29, 0.717) is 28.8 Å². The minimum atomic E-state index is -0.369. The van der Waals surface area contributed by atoms with Gasteiger partial charge in [0.1, 0.15) is 28.8 Å². The lowest BCUT2D eigenvalue weighted by Gasteiger charge is -2.13. The number of benzene rings is 2. The van der Waals surface area contributed by atoms with E-state index < -0.39 is 0 Å². The van der Waals surface area contributed by atoms with E-state index in [1.807, 2.05) is 32.0 Å². The summed E-state index contributed by atoms with van der Waals surface area (Å²) in [6.45, 7) is 5.78. The molecule has 0 aliphatic heterocycles. The van der Waals surface area contributed by atoms with Crippen molar-refractivity contribution < 1.29 is 14.3 Å². The quantitative estimate of drug-likeness (QED) is 0.646. The van der Waals surface area contributed by atoms with Gasteiger partial charge in [0.05, 0.1) is 19.9 Å². The predicted molar refractivity (Wildman–Crippen MR) is 113 cm³/mol. The molecule has 1 heterocycles. The number of nitrogens with zero attached hydrogens (tertiary/aromatic N) is 2. The van der Waals surface area contributed by atoms with E-state index in [4.69, 9.17) is 9.47 Å². The Kier molecular flexibility index (Phi) is 5.97. The summed E-state index contributed by atoms with van der Waals surface area (Å²) in [5.41, 5.74) is 3.89. The molecule has 7 nitrogen and oxygen atoms in total. The fourth-order valence-corrected chi connectivity index (χ4v) is 2.85. The number of carbonyl (C=O) groups is 1. The van der Waals surface area contributed by atoms with Crippen LogP contribution in [0.1, 0.15) is 27.4 Å². The molecule has 0 spiro atoms. The summed E-state index contributed by atoms with van der Waals surface area (Å²) >= 11 is 0. The van der Waals surface area contributed by atoms with Gasteiger partial charge in [-0.3, -0.25) is 4.79 Å². The van der Waals surface area contributed by atoms with Gasteiger partial charge in [-0.05, 0) is 50.1 Å². The molecule has 0 fully saturated rings. The standard InChI is InChI=1S/C22H24N4O3/c1-13-6-7-14(2)17(10-13)25-21-12-19(23-15(3)24-21)22(27)26-18-11-16(28-4)8-9-20(18)29-5/h6-12H,1-5H3,(H,26,27)(H,23,24,25). The van der Waals surface area contributed by atoms with Gasteiger partial charge in [-0.25, -0.2) is 9.97 Å². The van der Waals surface area contributed by atoms with Crippen molar-refractivity contribution in [3.05, 3.63) is 65.1 Å². The van der Waals surface area contributed by atoms with E-state index in [1.165, 1.54) is 0 Å². The molecule has 0 bridgehead atoms. The molecule has 0 saturated heterocycles. The monoisotopic (exact) mass is 392 g/mol. The number of methoxy groups -OCH3 is 2. The normalized spacial score (nSPS) is 10.4. The molecular weight excluding hydrogens is 368 g/mol. The van der Waals surface area contributed by atoms with Crippen LogP contribution in [-0.4, -0.2) is 30.1 Å². The summed E-state index contributed by atoms with van der Waals surface area (Å²) in [6.07, 6.45) is 0. The van der Waals surface area contributed by atoms with Gasteiger partial charge in [-0.2, -0.15) is 0 Å². The summed E-state index contributed by atoms with van der Waals surface area (Å²) in [5, 5.41) is 6.11. The van der Waals surface area contributed by atoms with Gasteiger partial charge < -0.3 is 20.1 Å². The van der Waals surface area contributed by atoms with Crippen LogP contribution in [0, 0.1) is 20.8 Å². The number of aryl methyl sites for hydroxylation is 3. The number of ether oxygens (including phenoxy) is 2. The highest BCUT2D eigenvalue weighted by atomic mass is 16.5. The third-order valence-electron chi connectivity index (χ3n) is 4.38. The summed E-state index contributed by atoms with van der Waals surface area (Å²) in [6, 6.07) is 12.9. The second kappa shape index (κ2) is 8.60. The number of carbonyl (C=O) groups excluding carboxylic acids is 1. The number of anilines is 3. The maximum Gasteiger partial charge on any atom is 0.274 e. The minimum Gasteiger partial charge on any atom is -0.497 e. The predicted octanol–water partition coefficient (Wildman–Crippen LogP) is 4.41. The maximum absolute atomic E-state index is 12.8. The zero-order valence-electron chi connectivity index (χ0n) is 17.2. The van der Waals surface area contributed by atoms with Gasteiger partial charge in [0, 0.05) is 17.8 Å². The van der Waals surface area contributed by atoms with Gasteiger partial charge >= 0.3 is 0 Å². The molecule has 0 unspecified atom stereocenters. The first-order chi connectivity index (χ1) is 13.9. The van der Waals surface area contributed by atoms with Crippen LogP contribution in [0.4, 0.5) is 17.2 Å². The third kappa shape index (κ3) is 4.82. The van der Waals surface area contributed by atoms with Crippen molar-refractivity contribution in [1.82, 2.24) is 9.97 Å². The maximum atomic E-state index is 12.8. The fourth-order valence-electron chi connectivity index (χ4n) is 2.85.